The van der Waals surface area contributed by atoms with Crippen molar-refractivity contribution in [3.8, 4) is 17.2 Å². The van der Waals surface area contributed by atoms with E-state index >= 15 is 0 Å². The quantitative estimate of drug-likeness (QED) is 0.431. The summed E-state index contributed by atoms with van der Waals surface area (Å²) in [5.41, 5.74) is 0.444. The van der Waals surface area contributed by atoms with Gasteiger partial charge in [-0.05, 0) is 20.2 Å². The lowest BCUT2D eigenvalue weighted by atomic mass is 10.1. The normalized spacial score (nSPS) is 13.4. The Labute approximate surface area is 130 Å². The van der Waals surface area contributed by atoms with Crippen molar-refractivity contribution in [1.82, 2.24) is 4.90 Å². The third-order valence-electron chi connectivity index (χ3n) is 3.83. The zero-order valence-electron chi connectivity index (χ0n) is 13.4. The number of carbonyl (C=O) groups excluding carboxylic acids is 1. The van der Waals surface area contributed by atoms with E-state index in [0.717, 1.165) is 0 Å². The molecule has 0 aliphatic carbocycles. The van der Waals surface area contributed by atoms with Crippen molar-refractivity contribution in [2.45, 2.75) is 12.5 Å². The second-order valence-electron chi connectivity index (χ2n) is 6.10. The lowest BCUT2D eigenvalue weighted by Crippen LogP contribution is -2.56. The molecule has 0 fully saturated rings. The standard InChI is InChI=1S/C15H24N2O5/c1-16(2)11(9-18)15(22)17(3,4)8-7-10-5-6-12(19)14(21)13(10)20/h5-6,11,18H,7-9H2,1-4H3,(H2-,19,20,21)/p+1/t11-/m0/s1. The molecule has 7 nitrogen and oxygen atoms in total. The number of aliphatic hydroxyl groups is 1. The molecule has 7 heteroatoms. The molecule has 1 aromatic carbocycles. The van der Waals surface area contributed by atoms with Crippen LogP contribution in [0.3, 0.4) is 0 Å². The zero-order valence-corrected chi connectivity index (χ0v) is 13.4. The third kappa shape index (κ3) is 3.88. The van der Waals surface area contributed by atoms with Gasteiger partial charge >= 0.3 is 5.91 Å². The van der Waals surface area contributed by atoms with E-state index in [-0.39, 0.29) is 28.5 Å². The summed E-state index contributed by atoms with van der Waals surface area (Å²) in [6, 6.07) is 2.20. The van der Waals surface area contributed by atoms with E-state index in [1.807, 2.05) is 0 Å². The maximum absolute atomic E-state index is 12.5. The van der Waals surface area contributed by atoms with Crippen LogP contribution in [0, 0.1) is 0 Å². The summed E-state index contributed by atoms with van der Waals surface area (Å²) in [5.74, 6) is -1.47. The molecule has 0 aliphatic heterocycles. The zero-order chi connectivity index (χ0) is 17.1. The number of nitrogens with zero attached hydrogens (tertiary/aromatic N) is 2. The molecule has 0 bridgehead atoms. The molecule has 0 aromatic heterocycles. The average molecular weight is 313 g/mol. The Balaban J connectivity index is 2.86. The fourth-order valence-electron chi connectivity index (χ4n) is 2.19. The van der Waals surface area contributed by atoms with Gasteiger partial charge < -0.3 is 20.4 Å². The topological polar surface area (TPSA) is 101 Å². The molecule has 1 atom stereocenters. The number of hydrogen-bond donors (Lipinski definition) is 4. The number of phenols is 3. The third-order valence-corrected chi connectivity index (χ3v) is 3.83. The van der Waals surface area contributed by atoms with Crippen LogP contribution < -0.4 is 0 Å². The number of hydrogen-bond acceptors (Lipinski definition) is 6. The predicted octanol–water partition coefficient (Wildman–Crippen LogP) is -0.129. The predicted molar refractivity (Wildman–Crippen MR) is 81.7 cm³/mol. The Morgan fingerprint density at radius 1 is 1.18 bits per heavy atom. The second kappa shape index (κ2) is 6.95. The van der Waals surface area contributed by atoms with E-state index in [4.69, 9.17) is 0 Å². The Hall–Kier alpha value is -1.83. The fraction of sp³-hybridized carbons (Fsp3) is 0.533. The molecule has 1 rings (SSSR count). The van der Waals surface area contributed by atoms with E-state index < -0.39 is 11.8 Å². The SMILES string of the molecule is CN(C)[C@@H](CO)C(=O)[N+](C)(C)CCc1ccc(O)c(O)c1O. The Bertz CT molecular complexity index is 543. The molecule has 0 heterocycles. The van der Waals surface area contributed by atoms with Gasteiger partial charge in [0.2, 0.25) is 5.75 Å². The maximum atomic E-state index is 12.5. The number of aliphatic hydroxyl groups excluding tert-OH is 1. The van der Waals surface area contributed by atoms with Crippen LogP contribution in [-0.4, -0.2) is 83.1 Å². The molecule has 0 spiro atoms. The molecule has 0 radical (unpaired) electrons. The summed E-state index contributed by atoms with van der Waals surface area (Å²) in [4.78, 5) is 14.1. The molecule has 0 unspecified atom stereocenters. The summed E-state index contributed by atoms with van der Waals surface area (Å²) in [6.45, 7) is 0.111. The number of quaternary nitrogens is 1. The molecule has 0 saturated heterocycles. The highest BCUT2D eigenvalue weighted by Crippen LogP contribution is 2.37. The molecule has 1 amide bonds. The summed E-state index contributed by atoms with van der Waals surface area (Å²) in [5, 5.41) is 38.0. The largest absolute Gasteiger partial charge is 0.504 e. The minimum Gasteiger partial charge on any atom is -0.504 e. The van der Waals surface area contributed by atoms with E-state index in [0.29, 0.717) is 18.5 Å². The van der Waals surface area contributed by atoms with Gasteiger partial charge in [0.25, 0.3) is 0 Å². The Morgan fingerprint density at radius 3 is 2.27 bits per heavy atom. The first-order chi connectivity index (χ1) is 10.1. The van der Waals surface area contributed by atoms with Crippen LogP contribution in [0.15, 0.2) is 12.1 Å². The van der Waals surface area contributed by atoms with Crippen LogP contribution in [0.4, 0.5) is 0 Å². The first-order valence-electron chi connectivity index (χ1n) is 6.99. The highest BCUT2D eigenvalue weighted by Gasteiger charge is 2.35. The van der Waals surface area contributed by atoms with Crippen molar-refractivity contribution in [3.63, 3.8) is 0 Å². The molecule has 0 aliphatic rings. The van der Waals surface area contributed by atoms with Crippen LogP contribution in [0.2, 0.25) is 0 Å². The van der Waals surface area contributed by atoms with Gasteiger partial charge in [-0.15, -0.1) is 0 Å². The molecule has 124 valence electrons. The number of carbonyl (C=O) groups is 1. The number of amides is 1. The first kappa shape index (κ1) is 18.2. The van der Waals surface area contributed by atoms with Crippen molar-refractivity contribution in [1.29, 1.82) is 0 Å². The van der Waals surface area contributed by atoms with Crippen LogP contribution >= 0.6 is 0 Å². The molecule has 22 heavy (non-hydrogen) atoms. The number of rotatable bonds is 6. The van der Waals surface area contributed by atoms with E-state index in [1.54, 1.807) is 33.1 Å². The van der Waals surface area contributed by atoms with Gasteiger partial charge in [-0.25, -0.2) is 4.79 Å². The molecule has 0 saturated carbocycles. The summed E-state index contributed by atoms with van der Waals surface area (Å²) in [7, 11) is 6.91. The van der Waals surface area contributed by atoms with Crippen molar-refractivity contribution < 1.29 is 29.7 Å². The van der Waals surface area contributed by atoms with Gasteiger partial charge in [-0.2, -0.15) is 0 Å². The lowest BCUT2D eigenvalue weighted by molar-refractivity contribution is -0.814. The van der Waals surface area contributed by atoms with Crippen LogP contribution in [0.5, 0.6) is 17.2 Å². The first-order valence-corrected chi connectivity index (χ1v) is 6.99. The van der Waals surface area contributed by atoms with Gasteiger partial charge in [0, 0.05) is 12.0 Å². The molecular weight excluding hydrogens is 288 g/mol. The van der Waals surface area contributed by atoms with Gasteiger partial charge in [0.05, 0.1) is 27.2 Å². The Morgan fingerprint density at radius 2 is 1.77 bits per heavy atom. The fourth-order valence-corrected chi connectivity index (χ4v) is 2.19. The van der Waals surface area contributed by atoms with Gasteiger partial charge in [0.15, 0.2) is 11.5 Å². The van der Waals surface area contributed by atoms with Gasteiger partial charge in [-0.1, -0.05) is 6.07 Å². The average Bonchev–Trinajstić information content (AvgIpc) is 2.44. The van der Waals surface area contributed by atoms with E-state index in [9.17, 15) is 25.2 Å². The van der Waals surface area contributed by atoms with Crippen LogP contribution in [0.1, 0.15) is 5.56 Å². The summed E-state index contributed by atoms with van der Waals surface area (Å²) >= 11 is 0. The number of benzene rings is 1. The summed E-state index contributed by atoms with van der Waals surface area (Å²) in [6.07, 6.45) is 0.337. The van der Waals surface area contributed by atoms with Crippen molar-refractivity contribution in [2.75, 3.05) is 41.3 Å². The number of likely N-dealkylation sites (N-methyl/N-ethyl adjacent to an activating group) is 2. The molecular formula is C15H25N2O5+. The highest BCUT2D eigenvalue weighted by atomic mass is 16.3. The molecule has 4 N–H and O–H groups in total. The van der Waals surface area contributed by atoms with Crippen molar-refractivity contribution >= 4 is 5.91 Å². The van der Waals surface area contributed by atoms with Gasteiger partial charge in [0.1, 0.15) is 6.04 Å². The highest BCUT2D eigenvalue weighted by molar-refractivity contribution is 5.75. The van der Waals surface area contributed by atoms with Crippen molar-refractivity contribution in [2.24, 2.45) is 0 Å². The van der Waals surface area contributed by atoms with Crippen LogP contribution in [0.25, 0.3) is 0 Å². The summed E-state index contributed by atoms with van der Waals surface area (Å²) < 4.78 is 0.0183. The van der Waals surface area contributed by atoms with Gasteiger partial charge in [-0.3, -0.25) is 9.38 Å². The maximum Gasteiger partial charge on any atom is 0.332 e. The number of phenolic OH excluding ortho intramolecular Hbond substituents is 3. The smallest absolute Gasteiger partial charge is 0.332 e. The second-order valence-corrected chi connectivity index (χ2v) is 6.10. The van der Waals surface area contributed by atoms with E-state index in [1.165, 1.54) is 12.1 Å². The monoisotopic (exact) mass is 313 g/mol. The lowest BCUT2D eigenvalue weighted by Gasteiger charge is -2.32. The van der Waals surface area contributed by atoms with Crippen molar-refractivity contribution in [3.05, 3.63) is 17.7 Å². The minimum atomic E-state index is -0.600. The minimum absolute atomic E-state index is 0.0183. The Kier molecular flexibility index (Phi) is 5.76. The van der Waals surface area contributed by atoms with E-state index in [2.05, 4.69) is 0 Å². The molecule has 1 aromatic rings. The van der Waals surface area contributed by atoms with Crippen LogP contribution in [-0.2, 0) is 11.2 Å². The number of aromatic hydroxyl groups is 3.